The predicted octanol–water partition coefficient (Wildman–Crippen LogP) is 4.71. The van der Waals surface area contributed by atoms with Crippen molar-refractivity contribution in [2.24, 2.45) is 0 Å². The van der Waals surface area contributed by atoms with E-state index in [0.717, 1.165) is 24.0 Å². The minimum atomic E-state index is -0.532. The molecule has 0 saturated heterocycles. The van der Waals surface area contributed by atoms with Crippen molar-refractivity contribution in [1.29, 1.82) is 0 Å². The summed E-state index contributed by atoms with van der Waals surface area (Å²) in [5.41, 5.74) is 3.28. The number of unbranched alkanes of at least 4 members (excludes halogenated alkanes) is 1. The largest absolute Gasteiger partial charge is 0.465 e. The molecule has 2 N–H and O–H groups in total. The van der Waals surface area contributed by atoms with Crippen molar-refractivity contribution in [3.05, 3.63) is 76.7 Å². The molecule has 35 heavy (non-hydrogen) atoms. The Bertz CT molecular complexity index is 1410. The summed E-state index contributed by atoms with van der Waals surface area (Å²) in [5.74, 6) is -0.833. The van der Waals surface area contributed by atoms with Crippen molar-refractivity contribution in [1.82, 2.24) is 14.5 Å². The molecule has 0 aliphatic carbocycles. The fourth-order valence-corrected chi connectivity index (χ4v) is 4.55. The molecule has 0 radical (unpaired) electrons. The van der Waals surface area contributed by atoms with Crippen LogP contribution in [-0.4, -0.2) is 39.3 Å². The summed E-state index contributed by atoms with van der Waals surface area (Å²) >= 11 is 1.19. The first-order valence-corrected chi connectivity index (χ1v) is 12.3. The molecule has 0 bridgehead atoms. The molecule has 8 nitrogen and oxygen atoms in total. The number of aromatic amines is 1. The Morgan fingerprint density at radius 1 is 1.11 bits per heavy atom. The lowest BCUT2D eigenvalue weighted by Crippen LogP contribution is -2.24. The lowest BCUT2D eigenvalue weighted by molar-refractivity contribution is -0.113. The number of esters is 1. The van der Waals surface area contributed by atoms with E-state index in [4.69, 9.17) is 9.72 Å². The van der Waals surface area contributed by atoms with E-state index in [0.29, 0.717) is 28.4 Å². The van der Waals surface area contributed by atoms with Crippen molar-refractivity contribution in [2.75, 3.05) is 18.2 Å². The minimum Gasteiger partial charge on any atom is -0.465 e. The van der Waals surface area contributed by atoms with E-state index in [-0.39, 0.29) is 22.8 Å². The highest BCUT2D eigenvalue weighted by Crippen LogP contribution is 2.28. The Morgan fingerprint density at radius 3 is 2.60 bits per heavy atom. The van der Waals surface area contributed by atoms with Crippen LogP contribution in [0.1, 0.15) is 30.1 Å². The summed E-state index contributed by atoms with van der Waals surface area (Å²) in [4.78, 5) is 46.0. The second kappa shape index (κ2) is 11.1. The van der Waals surface area contributed by atoms with Crippen molar-refractivity contribution in [3.8, 4) is 11.1 Å². The third-order valence-corrected chi connectivity index (χ3v) is 6.49. The molecule has 0 atom stereocenters. The maximum atomic E-state index is 13.3. The number of H-pyrrole nitrogens is 1. The molecular formula is C26H26N4O4S. The second-order valence-electron chi connectivity index (χ2n) is 7.87. The van der Waals surface area contributed by atoms with E-state index in [1.807, 2.05) is 30.3 Å². The average molecular weight is 491 g/mol. The monoisotopic (exact) mass is 490 g/mol. The van der Waals surface area contributed by atoms with Gasteiger partial charge in [-0.1, -0.05) is 67.6 Å². The number of aromatic nitrogens is 3. The van der Waals surface area contributed by atoms with E-state index in [9.17, 15) is 14.4 Å². The summed E-state index contributed by atoms with van der Waals surface area (Å²) in [6.07, 6.45) is 3.52. The highest BCUT2D eigenvalue weighted by Gasteiger charge is 2.18. The number of fused-ring (bicyclic) bond motifs is 1. The number of benzene rings is 2. The molecular weight excluding hydrogens is 464 g/mol. The second-order valence-corrected chi connectivity index (χ2v) is 8.81. The van der Waals surface area contributed by atoms with Gasteiger partial charge in [-0.15, -0.1) is 0 Å². The smallest absolute Gasteiger partial charge is 0.339 e. The zero-order valence-electron chi connectivity index (χ0n) is 19.5. The lowest BCUT2D eigenvalue weighted by atomic mass is 10.1. The van der Waals surface area contributed by atoms with Gasteiger partial charge in [0.05, 0.1) is 24.1 Å². The van der Waals surface area contributed by atoms with Crippen LogP contribution in [0.4, 0.5) is 5.69 Å². The molecule has 9 heteroatoms. The van der Waals surface area contributed by atoms with E-state index in [1.54, 1.807) is 35.0 Å². The average Bonchev–Trinajstić information content (AvgIpc) is 3.31. The van der Waals surface area contributed by atoms with E-state index >= 15 is 0 Å². The van der Waals surface area contributed by atoms with E-state index in [1.165, 1.54) is 18.9 Å². The first kappa shape index (κ1) is 24.3. The van der Waals surface area contributed by atoms with Crippen LogP contribution < -0.4 is 10.9 Å². The van der Waals surface area contributed by atoms with Crippen LogP contribution in [0, 0.1) is 0 Å². The first-order chi connectivity index (χ1) is 17.0. The number of nitrogens with one attached hydrogen (secondary N) is 2. The first-order valence-electron chi connectivity index (χ1n) is 11.3. The van der Waals surface area contributed by atoms with E-state index < -0.39 is 5.97 Å². The molecule has 180 valence electrons. The van der Waals surface area contributed by atoms with Crippen LogP contribution in [-0.2, 0) is 16.1 Å². The summed E-state index contributed by atoms with van der Waals surface area (Å²) < 4.78 is 6.41. The van der Waals surface area contributed by atoms with Gasteiger partial charge in [0.1, 0.15) is 11.0 Å². The van der Waals surface area contributed by atoms with Gasteiger partial charge in [-0.05, 0) is 24.1 Å². The number of hydrogen-bond acceptors (Lipinski definition) is 6. The summed E-state index contributed by atoms with van der Waals surface area (Å²) in [7, 11) is 1.29. The SMILES string of the molecule is CCCCn1c(SCC(=O)Nc2ccccc2C(=O)OC)nc2c(-c3ccccc3)c[nH]c2c1=O. The number of carbonyl (C=O) groups excluding carboxylic acids is 2. The van der Waals surface area contributed by atoms with Crippen LogP contribution >= 0.6 is 11.8 Å². The number of thioether (sulfide) groups is 1. The molecule has 2 aromatic carbocycles. The van der Waals surface area contributed by atoms with Gasteiger partial charge in [0.15, 0.2) is 5.16 Å². The maximum absolute atomic E-state index is 13.3. The number of para-hydroxylation sites is 1. The molecule has 4 aromatic rings. The Labute approximate surface area is 206 Å². The number of carbonyl (C=O) groups is 2. The number of anilines is 1. The summed E-state index contributed by atoms with van der Waals surface area (Å²) in [6.45, 7) is 2.56. The van der Waals surface area contributed by atoms with Crippen LogP contribution in [0.2, 0.25) is 0 Å². The Kier molecular flexibility index (Phi) is 7.67. The normalized spacial score (nSPS) is 10.9. The van der Waals surface area contributed by atoms with Crippen LogP contribution in [0.15, 0.2) is 70.7 Å². The number of ether oxygens (including phenoxy) is 1. The van der Waals surface area contributed by atoms with Gasteiger partial charge in [-0.2, -0.15) is 0 Å². The van der Waals surface area contributed by atoms with Gasteiger partial charge in [0, 0.05) is 18.3 Å². The van der Waals surface area contributed by atoms with Crippen LogP contribution in [0.5, 0.6) is 0 Å². The molecule has 0 aliphatic heterocycles. The lowest BCUT2D eigenvalue weighted by Gasteiger charge is -2.13. The topological polar surface area (TPSA) is 106 Å². The predicted molar refractivity (Wildman–Crippen MR) is 138 cm³/mol. The van der Waals surface area contributed by atoms with Crippen LogP contribution in [0.25, 0.3) is 22.2 Å². The Balaban J connectivity index is 1.63. The maximum Gasteiger partial charge on any atom is 0.339 e. The fraction of sp³-hybridized carbons (Fsp3) is 0.231. The van der Waals surface area contributed by atoms with Gasteiger partial charge in [0.2, 0.25) is 5.91 Å². The fourth-order valence-electron chi connectivity index (χ4n) is 3.73. The highest BCUT2D eigenvalue weighted by molar-refractivity contribution is 7.99. The quantitative estimate of drug-likeness (QED) is 0.200. The van der Waals surface area contributed by atoms with Gasteiger partial charge in [-0.3, -0.25) is 14.2 Å². The molecule has 1 amide bonds. The molecule has 0 aliphatic rings. The van der Waals surface area contributed by atoms with Gasteiger partial charge in [-0.25, -0.2) is 9.78 Å². The number of rotatable bonds is 9. The zero-order valence-corrected chi connectivity index (χ0v) is 20.4. The van der Waals surface area contributed by atoms with Crippen molar-refractivity contribution >= 4 is 40.4 Å². The Hall–Kier alpha value is -3.85. The van der Waals surface area contributed by atoms with Gasteiger partial charge in [0.25, 0.3) is 5.56 Å². The number of amides is 1. The molecule has 0 fully saturated rings. The highest BCUT2D eigenvalue weighted by atomic mass is 32.2. The van der Waals surface area contributed by atoms with Crippen molar-refractivity contribution < 1.29 is 14.3 Å². The molecule has 4 rings (SSSR count). The number of methoxy groups -OCH3 is 1. The van der Waals surface area contributed by atoms with Crippen molar-refractivity contribution in [3.63, 3.8) is 0 Å². The Morgan fingerprint density at radius 2 is 1.86 bits per heavy atom. The van der Waals surface area contributed by atoms with Crippen molar-refractivity contribution in [2.45, 2.75) is 31.5 Å². The standard InChI is InChI=1S/C26H26N4O4S/c1-3-4-14-30-24(32)23-22(19(15-27-23)17-10-6-5-7-11-17)29-26(30)35-16-21(31)28-20-13-9-8-12-18(20)25(33)34-2/h5-13,15,27H,3-4,14,16H2,1-2H3,(H,28,31). The van der Waals surface area contributed by atoms with Gasteiger partial charge < -0.3 is 15.0 Å². The van der Waals surface area contributed by atoms with Gasteiger partial charge >= 0.3 is 5.97 Å². The molecule has 2 heterocycles. The van der Waals surface area contributed by atoms with E-state index in [2.05, 4.69) is 17.2 Å². The summed E-state index contributed by atoms with van der Waals surface area (Å²) in [6, 6.07) is 16.4. The molecule has 0 saturated carbocycles. The zero-order chi connectivity index (χ0) is 24.8. The summed E-state index contributed by atoms with van der Waals surface area (Å²) in [5, 5.41) is 3.24. The molecule has 0 unspecified atom stereocenters. The number of hydrogen-bond donors (Lipinski definition) is 2. The van der Waals surface area contributed by atoms with Crippen LogP contribution in [0.3, 0.4) is 0 Å². The number of nitrogens with zero attached hydrogens (tertiary/aromatic N) is 2. The molecule has 0 spiro atoms. The third-order valence-electron chi connectivity index (χ3n) is 5.51. The molecule has 2 aromatic heterocycles. The minimum absolute atomic E-state index is 0.0185. The third kappa shape index (κ3) is 5.30.